The van der Waals surface area contributed by atoms with Crippen LogP contribution in [0.25, 0.3) is 0 Å². The Balaban J connectivity index is 3.52. The van der Waals surface area contributed by atoms with Crippen molar-refractivity contribution in [1.29, 1.82) is 0 Å². The van der Waals surface area contributed by atoms with Crippen LogP contribution in [0.5, 0.6) is 0 Å². The predicted octanol–water partition coefficient (Wildman–Crippen LogP) is 3.46. The van der Waals surface area contributed by atoms with Crippen molar-refractivity contribution in [2.45, 2.75) is 24.5 Å². The van der Waals surface area contributed by atoms with E-state index in [9.17, 15) is 8.78 Å². The van der Waals surface area contributed by atoms with Crippen molar-refractivity contribution in [1.82, 2.24) is 0 Å². The molecule has 0 aliphatic carbocycles. The lowest BCUT2D eigenvalue weighted by molar-refractivity contribution is 0.495. The van der Waals surface area contributed by atoms with Crippen LogP contribution in [0.2, 0.25) is 19.6 Å². The number of hydrogen-bond acceptors (Lipinski definition) is 0. The molecule has 0 heterocycles. The summed E-state index contributed by atoms with van der Waals surface area (Å²) in [7, 11) is -4.07. The van der Waals surface area contributed by atoms with Gasteiger partial charge >= 0.3 is 0 Å². The molecule has 0 unspecified atom stereocenters. The summed E-state index contributed by atoms with van der Waals surface area (Å²) in [4.78, 5) is 0.565. The first-order chi connectivity index (χ1) is 7.31. The molecule has 1 aromatic carbocycles. The van der Waals surface area contributed by atoms with Gasteiger partial charge in [-0.3, -0.25) is 9.16 Å². The zero-order valence-electron chi connectivity index (χ0n) is 11.9. The zero-order valence-corrected chi connectivity index (χ0v) is 13.8. The van der Waals surface area contributed by atoms with E-state index < -0.39 is 28.9 Å². The van der Waals surface area contributed by atoms with Crippen molar-refractivity contribution < 1.29 is 8.78 Å². The summed E-state index contributed by atoms with van der Waals surface area (Å²) in [6.45, 7) is 6.08. The molecule has 0 saturated carbocycles. The first-order valence-corrected chi connectivity index (χ1v) is 13.3. The average molecular weight is 278 g/mol. The highest BCUT2D eigenvalue weighted by Crippen LogP contribution is 2.63. The third-order valence-electron chi connectivity index (χ3n) is 2.83. The normalized spacial score (nSPS) is 15.5. The van der Waals surface area contributed by atoms with Crippen LogP contribution in [0.4, 0.5) is 8.78 Å². The fourth-order valence-electron chi connectivity index (χ4n) is 1.81. The van der Waals surface area contributed by atoms with Gasteiger partial charge in [0, 0.05) is 4.90 Å². The Hall–Kier alpha value is -0.353. The van der Waals surface area contributed by atoms with Gasteiger partial charge in [0.15, 0.2) is 11.6 Å². The van der Waals surface area contributed by atoms with Crippen LogP contribution in [0.1, 0.15) is 0 Å². The number of thiol groups is 1. The minimum Gasteiger partial charge on any atom is -0.269 e. The minimum absolute atomic E-state index is 0.565. The molecule has 0 nitrogen and oxygen atoms in total. The topological polar surface area (TPSA) is 0 Å². The number of hydrogen-bond donors (Lipinski definition) is 1. The van der Waals surface area contributed by atoms with Gasteiger partial charge in [-0.25, -0.2) is 8.78 Å². The molecule has 0 radical (unpaired) electrons. The smallest absolute Gasteiger partial charge is 0.169 e. The molecule has 17 heavy (non-hydrogen) atoms. The Kier molecular flexibility index (Phi) is 3.30. The summed E-state index contributed by atoms with van der Waals surface area (Å²) in [6.07, 6.45) is 8.16. The molecule has 0 bridgehead atoms. The quantitative estimate of drug-likeness (QED) is 0.621. The molecule has 0 atom stereocenters. The van der Waals surface area contributed by atoms with Crippen molar-refractivity contribution in [3.63, 3.8) is 0 Å². The molecule has 100 valence electrons. The van der Waals surface area contributed by atoms with Crippen LogP contribution < -0.4 is 5.19 Å². The Morgan fingerprint density at radius 1 is 0.882 bits per heavy atom. The first-order valence-electron chi connectivity index (χ1n) is 5.80. The van der Waals surface area contributed by atoms with Crippen LogP contribution in [0.3, 0.4) is 0 Å². The second-order valence-electron chi connectivity index (χ2n) is 7.59. The summed E-state index contributed by atoms with van der Waals surface area (Å²) in [5, 5.41) is 0.583. The lowest BCUT2D eigenvalue weighted by Crippen LogP contribution is -2.41. The fraction of sp³-hybridized carbons (Fsp3) is 0.538. The van der Waals surface area contributed by atoms with Crippen molar-refractivity contribution in [3.8, 4) is 0 Å². The van der Waals surface area contributed by atoms with Crippen molar-refractivity contribution in [2.75, 3.05) is 25.0 Å². The summed E-state index contributed by atoms with van der Waals surface area (Å²) in [5.74, 6) is -1.25. The maximum atomic E-state index is 14.2. The zero-order chi connectivity index (χ0) is 13.7. The van der Waals surface area contributed by atoms with Gasteiger partial charge in [0.1, 0.15) is 0 Å². The largest absolute Gasteiger partial charge is 0.269 e. The Morgan fingerprint density at radius 3 is 1.71 bits per heavy atom. The van der Waals surface area contributed by atoms with Crippen LogP contribution in [-0.4, -0.2) is 33.1 Å². The van der Waals surface area contributed by atoms with Gasteiger partial charge in [0.2, 0.25) is 0 Å². The van der Waals surface area contributed by atoms with Crippen LogP contribution >= 0.6 is 9.16 Å². The number of benzene rings is 1. The van der Waals surface area contributed by atoms with Crippen molar-refractivity contribution >= 4 is 22.4 Å². The van der Waals surface area contributed by atoms with Crippen LogP contribution in [0.15, 0.2) is 17.0 Å². The summed E-state index contributed by atoms with van der Waals surface area (Å²) in [5.41, 5.74) is 0. The van der Waals surface area contributed by atoms with E-state index in [0.717, 1.165) is 0 Å². The summed E-state index contributed by atoms with van der Waals surface area (Å²) in [6, 6.07) is 3.59. The molecule has 0 spiro atoms. The standard InChI is InChI=1S/C13H24F2SSi/c1-16(2,3,4)10-8-9-11(17(5,6)7)13(15)12(10)14/h8-9,16H,1-7H3. The highest BCUT2D eigenvalue weighted by Gasteiger charge is 2.30. The summed E-state index contributed by atoms with van der Waals surface area (Å²) >= 11 is 0. The highest BCUT2D eigenvalue weighted by molar-refractivity contribution is 8.47. The van der Waals surface area contributed by atoms with E-state index in [4.69, 9.17) is 0 Å². The van der Waals surface area contributed by atoms with Gasteiger partial charge in [-0.2, -0.15) is 0 Å². The van der Waals surface area contributed by atoms with Gasteiger partial charge in [-0.05, 0) is 36.3 Å². The maximum absolute atomic E-state index is 14.2. The lowest BCUT2D eigenvalue weighted by atomic mass is 10.3. The fourth-order valence-corrected chi connectivity index (χ4v) is 4.72. The predicted molar refractivity (Wildman–Crippen MR) is 80.3 cm³/mol. The lowest BCUT2D eigenvalue weighted by Gasteiger charge is -2.47. The van der Waals surface area contributed by atoms with Crippen molar-refractivity contribution in [3.05, 3.63) is 23.8 Å². The third-order valence-corrected chi connectivity index (χ3v) is 7.11. The average Bonchev–Trinajstić information content (AvgIpc) is 2.03. The number of rotatable bonds is 2. The minimum atomic E-state index is -2.26. The SMILES string of the molecule is C[Si](C)(C)c1ccc([SH](C)(C)(C)C)c(F)c1F. The Labute approximate surface area is 105 Å². The van der Waals surface area contributed by atoms with Crippen molar-refractivity contribution in [2.24, 2.45) is 0 Å². The Bertz CT molecular complexity index is 444. The molecule has 1 aromatic rings. The van der Waals surface area contributed by atoms with Crippen LogP contribution in [0, 0.1) is 11.6 Å². The molecule has 4 heteroatoms. The van der Waals surface area contributed by atoms with E-state index in [1.54, 1.807) is 12.1 Å². The van der Waals surface area contributed by atoms with E-state index in [-0.39, 0.29) is 0 Å². The molecule has 0 saturated heterocycles. The van der Waals surface area contributed by atoms with Gasteiger partial charge in [0.25, 0.3) is 0 Å². The summed E-state index contributed by atoms with van der Waals surface area (Å²) < 4.78 is 28.4. The van der Waals surface area contributed by atoms with E-state index in [1.165, 1.54) is 0 Å². The van der Waals surface area contributed by atoms with Gasteiger partial charge in [-0.15, -0.1) is 0 Å². The molecule has 0 fully saturated rings. The molecule has 0 amide bonds. The third kappa shape index (κ3) is 3.10. The molecule has 1 rings (SSSR count). The van der Waals surface area contributed by atoms with Crippen LogP contribution in [-0.2, 0) is 0 Å². The van der Waals surface area contributed by atoms with Gasteiger partial charge in [-0.1, -0.05) is 25.7 Å². The molecule has 0 aliphatic heterocycles. The monoisotopic (exact) mass is 278 g/mol. The van der Waals surface area contributed by atoms with Gasteiger partial charge in [0.05, 0.1) is 8.07 Å². The van der Waals surface area contributed by atoms with E-state index in [0.29, 0.717) is 10.1 Å². The highest BCUT2D eigenvalue weighted by atomic mass is 32.3. The molecule has 0 aromatic heterocycles. The molecule has 0 N–H and O–H groups in total. The molecular weight excluding hydrogens is 254 g/mol. The second kappa shape index (κ2) is 3.82. The maximum Gasteiger partial charge on any atom is 0.169 e. The number of halogens is 2. The first kappa shape index (κ1) is 14.7. The second-order valence-corrected chi connectivity index (χ2v) is 20.3. The molecule has 0 aliphatic rings. The van der Waals surface area contributed by atoms with E-state index in [2.05, 4.69) is 0 Å². The molecular formula is C13H24F2SSi. The van der Waals surface area contributed by atoms with E-state index in [1.807, 2.05) is 44.7 Å². The van der Waals surface area contributed by atoms with E-state index >= 15 is 0 Å². The Morgan fingerprint density at radius 2 is 1.35 bits per heavy atom. The van der Waals surface area contributed by atoms with Gasteiger partial charge < -0.3 is 0 Å².